The molecule has 0 aliphatic heterocycles. The molecule has 1 N–H and O–H groups in total. The van der Waals surface area contributed by atoms with Crippen LogP contribution in [0.2, 0.25) is 0 Å². The third kappa shape index (κ3) is 3.14. The molecule has 0 unspecified atom stereocenters. The SMILES string of the molecule is C=C(Br)CNc1ccc(F)cc1F. The van der Waals surface area contributed by atoms with Crippen LogP contribution in [0.15, 0.2) is 29.3 Å². The molecule has 1 nitrogen and oxygen atoms in total. The summed E-state index contributed by atoms with van der Waals surface area (Å²) in [5.41, 5.74) is 0.266. The Kier molecular flexibility index (Phi) is 3.42. The summed E-state index contributed by atoms with van der Waals surface area (Å²) in [6.45, 7) is 3.98. The Hall–Kier alpha value is -0.900. The van der Waals surface area contributed by atoms with E-state index in [2.05, 4.69) is 27.8 Å². The largest absolute Gasteiger partial charge is 0.378 e. The van der Waals surface area contributed by atoms with Crippen LogP contribution in [0.1, 0.15) is 0 Å². The van der Waals surface area contributed by atoms with Gasteiger partial charge in [-0.2, -0.15) is 0 Å². The van der Waals surface area contributed by atoms with E-state index in [0.29, 0.717) is 11.0 Å². The summed E-state index contributed by atoms with van der Waals surface area (Å²) < 4.78 is 26.1. The van der Waals surface area contributed by atoms with E-state index in [1.807, 2.05) is 0 Å². The molecule has 0 amide bonds. The van der Waals surface area contributed by atoms with Crippen LogP contribution in [0.3, 0.4) is 0 Å². The number of nitrogens with one attached hydrogen (secondary N) is 1. The summed E-state index contributed by atoms with van der Waals surface area (Å²) in [6, 6.07) is 3.38. The number of rotatable bonds is 3. The molecule has 70 valence electrons. The van der Waals surface area contributed by atoms with Crippen molar-refractivity contribution in [3.63, 3.8) is 0 Å². The van der Waals surface area contributed by atoms with Crippen molar-refractivity contribution < 1.29 is 8.78 Å². The van der Waals surface area contributed by atoms with Crippen LogP contribution in [0.5, 0.6) is 0 Å². The highest BCUT2D eigenvalue weighted by atomic mass is 79.9. The molecule has 0 aliphatic rings. The van der Waals surface area contributed by atoms with Crippen LogP contribution in [0.25, 0.3) is 0 Å². The lowest BCUT2D eigenvalue weighted by Crippen LogP contribution is -2.02. The lowest BCUT2D eigenvalue weighted by Gasteiger charge is -2.05. The summed E-state index contributed by atoms with van der Waals surface area (Å²) in [5, 5.41) is 2.75. The van der Waals surface area contributed by atoms with E-state index in [0.717, 1.165) is 6.07 Å². The van der Waals surface area contributed by atoms with Gasteiger partial charge in [0.2, 0.25) is 0 Å². The van der Waals surface area contributed by atoms with Gasteiger partial charge in [0, 0.05) is 17.1 Å². The van der Waals surface area contributed by atoms with Crippen molar-refractivity contribution in [2.45, 2.75) is 0 Å². The molecule has 1 aromatic rings. The molecule has 4 heteroatoms. The lowest BCUT2D eigenvalue weighted by atomic mass is 10.3. The van der Waals surface area contributed by atoms with Gasteiger partial charge in [0.1, 0.15) is 11.6 Å². The Morgan fingerprint density at radius 3 is 2.69 bits per heavy atom. The first kappa shape index (κ1) is 10.2. The van der Waals surface area contributed by atoms with Gasteiger partial charge >= 0.3 is 0 Å². The predicted molar refractivity (Wildman–Crippen MR) is 52.9 cm³/mol. The molecular formula is C9H8BrF2N. The fraction of sp³-hybridized carbons (Fsp3) is 0.111. The Labute approximate surface area is 83.6 Å². The number of hydrogen-bond donors (Lipinski definition) is 1. The van der Waals surface area contributed by atoms with Gasteiger partial charge in [-0.05, 0) is 12.1 Å². The summed E-state index contributed by atoms with van der Waals surface area (Å²) in [4.78, 5) is 0. The molecule has 0 bridgehead atoms. The zero-order chi connectivity index (χ0) is 9.84. The van der Waals surface area contributed by atoms with Crippen molar-refractivity contribution in [2.75, 3.05) is 11.9 Å². The quantitative estimate of drug-likeness (QED) is 0.865. The van der Waals surface area contributed by atoms with E-state index < -0.39 is 11.6 Å². The van der Waals surface area contributed by atoms with Crippen molar-refractivity contribution in [1.29, 1.82) is 0 Å². The summed E-state index contributed by atoms with van der Waals surface area (Å²) in [6.07, 6.45) is 0. The number of benzene rings is 1. The second-order valence-electron chi connectivity index (χ2n) is 2.49. The smallest absolute Gasteiger partial charge is 0.149 e. The van der Waals surface area contributed by atoms with Gasteiger partial charge in [0.25, 0.3) is 0 Å². The molecule has 0 saturated heterocycles. The Morgan fingerprint density at radius 1 is 1.46 bits per heavy atom. The zero-order valence-electron chi connectivity index (χ0n) is 6.78. The molecule has 0 fully saturated rings. The maximum absolute atomic E-state index is 13.0. The fourth-order valence-electron chi connectivity index (χ4n) is 0.824. The Bertz CT molecular complexity index is 325. The highest BCUT2D eigenvalue weighted by Crippen LogP contribution is 2.15. The Morgan fingerprint density at radius 2 is 2.15 bits per heavy atom. The van der Waals surface area contributed by atoms with Crippen LogP contribution < -0.4 is 5.32 Å². The van der Waals surface area contributed by atoms with Crippen molar-refractivity contribution in [3.8, 4) is 0 Å². The van der Waals surface area contributed by atoms with Crippen LogP contribution in [0.4, 0.5) is 14.5 Å². The first-order valence-electron chi connectivity index (χ1n) is 3.62. The van der Waals surface area contributed by atoms with Gasteiger partial charge in [-0.1, -0.05) is 22.5 Å². The highest BCUT2D eigenvalue weighted by molar-refractivity contribution is 9.11. The molecule has 0 aromatic heterocycles. The van der Waals surface area contributed by atoms with E-state index in [4.69, 9.17) is 0 Å². The monoisotopic (exact) mass is 247 g/mol. The molecule has 1 rings (SSSR count). The molecular weight excluding hydrogens is 240 g/mol. The molecule has 0 spiro atoms. The summed E-state index contributed by atoms with van der Waals surface area (Å²) >= 11 is 3.12. The number of anilines is 1. The fourth-order valence-corrected chi connectivity index (χ4v) is 0.964. The second-order valence-corrected chi connectivity index (χ2v) is 3.62. The first-order chi connectivity index (χ1) is 6.09. The normalized spacial score (nSPS) is 9.77. The molecule has 1 aromatic carbocycles. The Balaban J connectivity index is 2.72. The standard InChI is InChI=1S/C9H8BrF2N/c1-6(10)5-13-9-3-2-7(11)4-8(9)12/h2-4,13H,1,5H2. The van der Waals surface area contributed by atoms with Gasteiger partial charge in [0.15, 0.2) is 0 Å². The number of hydrogen-bond acceptors (Lipinski definition) is 1. The van der Waals surface area contributed by atoms with Gasteiger partial charge in [-0.15, -0.1) is 0 Å². The molecule has 13 heavy (non-hydrogen) atoms. The van der Waals surface area contributed by atoms with Gasteiger partial charge < -0.3 is 5.32 Å². The minimum Gasteiger partial charge on any atom is -0.378 e. The summed E-state index contributed by atoms with van der Waals surface area (Å²) in [5.74, 6) is -1.19. The average molecular weight is 248 g/mol. The second kappa shape index (κ2) is 4.37. The minimum absolute atomic E-state index is 0.266. The van der Waals surface area contributed by atoms with Crippen molar-refractivity contribution in [2.24, 2.45) is 0 Å². The maximum atomic E-state index is 13.0. The maximum Gasteiger partial charge on any atom is 0.149 e. The van der Waals surface area contributed by atoms with Crippen molar-refractivity contribution in [3.05, 3.63) is 40.9 Å². The van der Waals surface area contributed by atoms with Crippen LogP contribution in [0, 0.1) is 11.6 Å². The molecule has 0 aliphatic carbocycles. The number of halogens is 3. The van der Waals surface area contributed by atoms with Crippen LogP contribution >= 0.6 is 15.9 Å². The van der Waals surface area contributed by atoms with Crippen molar-refractivity contribution in [1.82, 2.24) is 0 Å². The van der Waals surface area contributed by atoms with Crippen molar-refractivity contribution >= 4 is 21.6 Å². The van der Waals surface area contributed by atoms with Gasteiger partial charge in [-0.3, -0.25) is 0 Å². The highest BCUT2D eigenvalue weighted by Gasteiger charge is 2.02. The minimum atomic E-state index is -0.603. The summed E-state index contributed by atoms with van der Waals surface area (Å²) in [7, 11) is 0. The van der Waals surface area contributed by atoms with E-state index in [-0.39, 0.29) is 5.69 Å². The first-order valence-corrected chi connectivity index (χ1v) is 4.41. The average Bonchev–Trinajstić information content (AvgIpc) is 2.02. The lowest BCUT2D eigenvalue weighted by molar-refractivity contribution is 0.585. The van der Waals surface area contributed by atoms with E-state index in [1.54, 1.807) is 0 Å². The van der Waals surface area contributed by atoms with E-state index >= 15 is 0 Å². The third-order valence-corrected chi connectivity index (χ3v) is 1.68. The zero-order valence-corrected chi connectivity index (χ0v) is 8.37. The van der Waals surface area contributed by atoms with E-state index in [1.165, 1.54) is 12.1 Å². The molecule has 0 radical (unpaired) electrons. The molecule has 0 saturated carbocycles. The van der Waals surface area contributed by atoms with E-state index in [9.17, 15) is 8.78 Å². The van der Waals surface area contributed by atoms with Crippen LogP contribution in [-0.4, -0.2) is 6.54 Å². The molecule has 0 heterocycles. The third-order valence-electron chi connectivity index (χ3n) is 1.40. The predicted octanol–water partition coefficient (Wildman–Crippen LogP) is 3.29. The van der Waals surface area contributed by atoms with Crippen LogP contribution in [-0.2, 0) is 0 Å². The van der Waals surface area contributed by atoms with Gasteiger partial charge in [0.05, 0.1) is 5.69 Å². The van der Waals surface area contributed by atoms with Gasteiger partial charge in [-0.25, -0.2) is 8.78 Å². The molecule has 0 atom stereocenters. The topological polar surface area (TPSA) is 12.0 Å².